The van der Waals surface area contributed by atoms with Crippen LogP contribution in [0.2, 0.25) is 0 Å². The average Bonchev–Trinajstić information content (AvgIpc) is 2.81. The van der Waals surface area contributed by atoms with E-state index in [0.29, 0.717) is 16.1 Å². The van der Waals surface area contributed by atoms with Gasteiger partial charge in [-0.2, -0.15) is 0 Å². The summed E-state index contributed by atoms with van der Waals surface area (Å²) in [5, 5.41) is 3.38. The second kappa shape index (κ2) is 7.66. The Balaban J connectivity index is 2.29. The highest BCUT2D eigenvalue weighted by Gasteiger charge is 2.22. The molecule has 1 heterocycles. The number of hydrogen-bond donors (Lipinski definition) is 1. The Kier molecular flexibility index (Phi) is 5.85. The van der Waals surface area contributed by atoms with E-state index in [-0.39, 0.29) is 5.91 Å². The number of ether oxygens (including phenoxy) is 1. The standard InChI is InChI=1S/C17H19NO3S2/c1-5-22-13-8-6-7-12(9-13)15(19)18-16-14(17(20)21-4)10(2)11(3)23-16/h6-9H,5H2,1-4H3,(H,18,19). The molecule has 122 valence electrons. The number of carbonyl (C=O) groups excluding carboxylic acids is 2. The van der Waals surface area contributed by atoms with E-state index in [0.717, 1.165) is 21.1 Å². The molecule has 0 aliphatic carbocycles. The van der Waals surface area contributed by atoms with Crippen molar-refractivity contribution < 1.29 is 14.3 Å². The summed E-state index contributed by atoms with van der Waals surface area (Å²) < 4.78 is 4.82. The maximum Gasteiger partial charge on any atom is 0.341 e. The first-order valence-corrected chi connectivity index (χ1v) is 9.00. The molecule has 6 heteroatoms. The van der Waals surface area contributed by atoms with E-state index in [9.17, 15) is 9.59 Å². The minimum atomic E-state index is -0.433. The number of carbonyl (C=O) groups is 2. The van der Waals surface area contributed by atoms with Crippen LogP contribution in [0.1, 0.15) is 38.1 Å². The van der Waals surface area contributed by atoms with Gasteiger partial charge in [0.25, 0.3) is 5.91 Å². The van der Waals surface area contributed by atoms with Crippen molar-refractivity contribution in [3.8, 4) is 0 Å². The molecule has 0 atom stereocenters. The second-order valence-corrected chi connectivity index (χ2v) is 7.46. The van der Waals surface area contributed by atoms with Crippen LogP contribution in [0.5, 0.6) is 0 Å². The zero-order chi connectivity index (χ0) is 17.0. The van der Waals surface area contributed by atoms with Crippen molar-refractivity contribution in [1.82, 2.24) is 0 Å². The first kappa shape index (κ1) is 17.6. The van der Waals surface area contributed by atoms with Crippen LogP contribution in [0.3, 0.4) is 0 Å². The highest BCUT2D eigenvalue weighted by atomic mass is 32.2. The number of thioether (sulfide) groups is 1. The van der Waals surface area contributed by atoms with Crippen LogP contribution in [0.15, 0.2) is 29.2 Å². The summed E-state index contributed by atoms with van der Waals surface area (Å²) in [6.45, 7) is 5.84. The van der Waals surface area contributed by atoms with E-state index < -0.39 is 5.97 Å². The van der Waals surface area contributed by atoms with E-state index in [1.807, 2.05) is 32.0 Å². The highest BCUT2D eigenvalue weighted by Crippen LogP contribution is 2.33. The lowest BCUT2D eigenvalue weighted by molar-refractivity contribution is 0.0601. The molecule has 1 amide bonds. The molecule has 0 radical (unpaired) electrons. The quantitative estimate of drug-likeness (QED) is 0.637. The molecule has 0 spiro atoms. The molecule has 0 saturated heterocycles. The molecule has 1 aromatic carbocycles. The zero-order valence-corrected chi connectivity index (χ0v) is 15.2. The zero-order valence-electron chi connectivity index (χ0n) is 13.6. The minimum Gasteiger partial charge on any atom is -0.465 e. The van der Waals surface area contributed by atoms with Gasteiger partial charge in [-0.3, -0.25) is 4.79 Å². The topological polar surface area (TPSA) is 55.4 Å². The predicted octanol–water partition coefficient (Wildman–Crippen LogP) is 4.52. The van der Waals surface area contributed by atoms with E-state index >= 15 is 0 Å². The number of thiophene rings is 1. The lowest BCUT2D eigenvalue weighted by atomic mass is 10.1. The molecule has 0 unspecified atom stereocenters. The van der Waals surface area contributed by atoms with Gasteiger partial charge in [0.2, 0.25) is 0 Å². The van der Waals surface area contributed by atoms with Crippen molar-refractivity contribution in [3.05, 3.63) is 45.8 Å². The van der Waals surface area contributed by atoms with Crippen LogP contribution in [0, 0.1) is 13.8 Å². The minimum absolute atomic E-state index is 0.227. The largest absolute Gasteiger partial charge is 0.465 e. The predicted molar refractivity (Wildman–Crippen MR) is 95.9 cm³/mol. The van der Waals surface area contributed by atoms with E-state index in [4.69, 9.17) is 4.74 Å². The number of hydrogen-bond acceptors (Lipinski definition) is 5. The fraction of sp³-hybridized carbons (Fsp3) is 0.294. The lowest BCUT2D eigenvalue weighted by Crippen LogP contribution is -2.14. The first-order chi connectivity index (χ1) is 11.0. The summed E-state index contributed by atoms with van der Waals surface area (Å²) in [5.41, 5.74) is 1.85. The number of nitrogens with one attached hydrogen (secondary N) is 1. The Morgan fingerprint density at radius 3 is 2.70 bits per heavy atom. The summed E-state index contributed by atoms with van der Waals surface area (Å²) in [6, 6.07) is 7.46. The molecular formula is C17H19NO3S2. The number of amides is 1. The molecule has 0 aliphatic heterocycles. The van der Waals surface area contributed by atoms with E-state index in [1.54, 1.807) is 17.8 Å². The number of aryl methyl sites for hydroxylation is 1. The third kappa shape index (κ3) is 3.95. The number of anilines is 1. The highest BCUT2D eigenvalue weighted by molar-refractivity contribution is 7.99. The van der Waals surface area contributed by atoms with Crippen LogP contribution in [-0.4, -0.2) is 24.7 Å². The Hall–Kier alpha value is -1.79. The molecule has 1 aromatic heterocycles. The molecule has 4 nitrogen and oxygen atoms in total. The average molecular weight is 349 g/mol. The molecular weight excluding hydrogens is 330 g/mol. The summed E-state index contributed by atoms with van der Waals surface area (Å²) in [4.78, 5) is 26.5. The van der Waals surface area contributed by atoms with Gasteiger partial charge in [0.15, 0.2) is 0 Å². The number of benzene rings is 1. The third-order valence-electron chi connectivity index (χ3n) is 3.41. The molecule has 2 aromatic rings. The Morgan fingerprint density at radius 1 is 1.30 bits per heavy atom. The van der Waals surface area contributed by atoms with Crippen LogP contribution in [0.4, 0.5) is 5.00 Å². The van der Waals surface area contributed by atoms with Crippen LogP contribution in [0.25, 0.3) is 0 Å². The van der Waals surface area contributed by atoms with Gasteiger partial charge >= 0.3 is 5.97 Å². The Bertz CT molecular complexity index is 737. The summed E-state index contributed by atoms with van der Waals surface area (Å²) in [6.07, 6.45) is 0. The first-order valence-electron chi connectivity index (χ1n) is 7.20. The molecule has 0 bridgehead atoms. The fourth-order valence-corrected chi connectivity index (χ4v) is 3.89. The maximum atomic E-state index is 12.5. The molecule has 2 rings (SSSR count). The van der Waals surface area contributed by atoms with Crippen molar-refractivity contribution >= 4 is 40.0 Å². The van der Waals surface area contributed by atoms with Gasteiger partial charge < -0.3 is 10.1 Å². The van der Waals surface area contributed by atoms with Crippen molar-refractivity contribution in [3.63, 3.8) is 0 Å². The monoisotopic (exact) mass is 349 g/mol. The van der Waals surface area contributed by atoms with Crippen molar-refractivity contribution in [2.24, 2.45) is 0 Å². The van der Waals surface area contributed by atoms with E-state index in [1.165, 1.54) is 18.4 Å². The number of rotatable bonds is 5. The van der Waals surface area contributed by atoms with Gasteiger partial charge in [0.1, 0.15) is 5.00 Å². The van der Waals surface area contributed by atoms with Crippen molar-refractivity contribution in [2.75, 3.05) is 18.2 Å². The van der Waals surface area contributed by atoms with Gasteiger partial charge in [-0.05, 0) is 43.4 Å². The molecule has 0 fully saturated rings. The number of esters is 1. The third-order valence-corrected chi connectivity index (χ3v) is 5.41. The van der Waals surface area contributed by atoms with Gasteiger partial charge in [-0.25, -0.2) is 4.79 Å². The fourth-order valence-electron chi connectivity index (χ4n) is 2.13. The summed E-state index contributed by atoms with van der Waals surface area (Å²) in [7, 11) is 1.34. The summed E-state index contributed by atoms with van der Waals surface area (Å²) in [5.74, 6) is 0.285. The second-order valence-electron chi connectivity index (χ2n) is 4.89. The molecule has 23 heavy (non-hydrogen) atoms. The smallest absolute Gasteiger partial charge is 0.341 e. The van der Waals surface area contributed by atoms with Crippen molar-refractivity contribution in [2.45, 2.75) is 25.7 Å². The van der Waals surface area contributed by atoms with Crippen LogP contribution >= 0.6 is 23.1 Å². The van der Waals surface area contributed by atoms with Gasteiger partial charge in [-0.15, -0.1) is 23.1 Å². The van der Waals surface area contributed by atoms with Gasteiger partial charge in [-0.1, -0.05) is 13.0 Å². The summed E-state index contributed by atoms with van der Waals surface area (Å²) >= 11 is 3.06. The van der Waals surface area contributed by atoms with Gasteiger partial charge in [0, 0.05) is 15.3 Å². The van der Waals surface area contributed by atoms with E-state index in [2.05, 4.69) is 12.2 Å². The van der Waals surface area contributed by atoms with Crippen LogP contribution in [-0.2, 0) is 4.74 Å². The normalized spacial score (nSPS) is 10.4. The number of methoxy groups -OCH3 is 1. The van der Waals surface area contributed by atoms with Crippen molar-refractivity contribution in [1.29, 1.82) is 0 Å². The Morgan fingerprint density at radius 2 is 2.04 bits per heavy atom. The van der Waals surface area contributed by atoms with Gasteiger partial charge in [0.05, 0.1) is 12.7 Å². The molecule has 0 saturated carbocycles. The van der Waals surface area contributed by atoms with Crippen LogP contribution < -0.4 is 5.32 Å². The molecule has 0 aliphatic rings. The SMILES string of the molecule is CCSc1cccc(C(=O)Nc2sc(C)c(C)c2C(=O)OC)c1. The molecule has 1 N–H and O–H groups in total. The Labute approximate surface area is 144 Å². The lowest BCUT2D eigenvalue weighted by Gasteiger charge is -2.07. The maximum absolute atomic E-state index is 12.5.